The van der Waals surface area contributed by atoms with E-state index in [1.165, 1.54) is 6.92 Å². The number of carbonyl (C=O) groups is 3. The topological polar surface area (TPSA) is 100.0 Å². The minimum Gasteiger partial charge on any atom is -0.464 e. The van der Waals surface area contributed by atoms with Gasteiger partial charge in [-0.05, 0) is 41.0 Å². The van der Waals surface area contributed by atoms with Gasteiger partial charge < -0.3 is 14.2 Å². The number of hydrogen-bond acceptors (Lipinski definition) is 7. The molecule has 9 nitrogen and oxygen atoms in total. The Morgan fingerprint density at radius 1 is 1.14 bits per heavy atom. The Balaban J connectivity index is 3.18. The number of rotatable bonds is 6. The van der Waals surface area contributed by atoms with Gasteiger partial charge >= 0.3 is 18.2 Å². The van der Waals surface area contributed by atoms with Crippen LogP contribution in [0.4, 0.5) is 19.7 Å². The second kappa shape index (κ2) is 9.03. The lowest BCUT2D eigenvalue weighted by Crippen LogP contribution is -2.44. The third-order valence-corrected chi connectivity index (χ3v) is 3.58. The lowest BCUT2D eigenvalue weighted by atomic mass is 10.1. The number of ether oxygens (including phenoxy) is 3. The molecule has 1 aromatic rings. The third-order valence-electron chi connectivity index (χ3n) is 3.58. The molecule has 0 aromatic carbocycles. The summed E-state index contributed by atoms with van der Waals surface area (Å²) in [7, 11) is 0. The Hall–Kier alpha value is -2.65. The van der Waals surface area contributed by atoms with E-state index in [0.29, 0.717) is 11.3 Å². The molecule has 0 N–H and O–H groups in total. The molecule has 0 saturated heterocycles. The molecule has 1 heterocycles. The highest BCUT2D eigenvalue weighted by molar-refractivity contribution is 6.09. The largest absolute Gasteiger partial charge is 0.464 e. The molecule has 0 bridgehead atoms. The second-order valence-electron chi connectivity index (χ2n) is 7.68. The van der Waals surface area contributed by atoms with Crippen LogP contribution in [0.15, 0.2) is 6.20 Å². The molecule has 1 rings (SSSR count). The van der Waals surface area contributed by atoms with E-state index in [0.717, 1.165) is 10.9 Å². The molecule has 28 heavy (non-hydrogen) atoms. The summed E-state index contributed by atoms with van der Waals surface area (Å²) < 4.78 is 30.9. The lowest BCUT2D eigenvalue weighted by molar-refractivity contribution is -0.141. The third kappa shape index (κ3) is 6.82. The maximum atomic E-state index is 14.8. The van der Waals surface area contributed by atoms with Crippen LogP contribution >= 0.6 is 0 Å². The summed E-state index contributed by atoms with van der Waals surface area (Å²) in [6, 6.07) is 0. The minimum absolute atomic E-state index is 0.0942. The van der Waals surface area contributed by atoms with Gasteiger partial charge in [0, 0.05) is 6.92 Å². The Labute approximate surface area is 163 Å². The summed E-state index contributed by atoms with van der Waals surface area (Å²) in [6.07, 6.45) is -0.694. The molecule has 0 saturated carbocycles. The van der Waals surface area contributed by atoms with E-state index in [4.69, 9.17) is 14.2 Å². The van der Waals surface area contributed by atoms with Gasteiger partial charge in [0.1, 0.15) is 23.5 Å². The molecule has 0 aliphatic carbocycles. The van der Waals surface area contributed by atoms with Gasteiger partial charge in [-0.1, -0.05) is 6.92 Å². The predicted molar refractivity (Wildman–Crippen MR) is 98.4 cm³/mol. The molecule has 0 spiro atoms. The van der Waals surface area contributed by atoms with Crippen LogP contribution in [0, 0.1) is 5.95 Å². The van der Waals surface area contributed by atoms with Crippen molar-refractivity contribution >= 4 is 23.8 Å². The molecule has 2 amide bonds. The van der Waals surface area contributed by atoms with E-state index in [2.05, 4.69) is 5.10 Å². The van der Waals surface area contributed by atoms with Crippen LogP contribution in [0.3, 0.4) is 0 Å². The minimum atomic E-state index is -1.09. The van der Waals surface area contributed by atoms with Crippen molar-refractivity contribution in [2.75, 3.05) is 11.5 Å². The van der Waals surface area contributed by atoms with Crippen LogP contribution in [-0.2, 0) is 25.5 Å². The van der Waals surface area contributed by atoms with Crippen LogP contribution < -0.4 is 4.90 Å². The number of hydrogen-bond donors (Lipinski definition) is 0. The van der Waals surface area contributed by atoms with Gasteiger partial charge in [0.15, 0.2) is 0 Å². The van der Waals surface area contributed by atoms with Crippen molar-refractivity contribution in [1.82, 2.24) is 9.78 Å². The SMILES string of the molecule is CCC(C)(C)OC(=O)N(C(=O)OC(C)(C)C)c1cnn(CCOC(C)=O)c1F. The fourth-order valence-electron chi connectivity index (χ4n) is 1.88. The van der Waals surface area contributed by atoms with Crippen molar-refractivity contribution in [2.45, 2.75) is 72.6 Å². The number of halogens is 1. The summed E-state index contributed by atoms with van der Waals surface area (Å²) in [6.45, 7) is 11.0. The van der Waals surface area contributed by atoms with Crippen LogP contribution in [0.25, 0.3) is 0 Å². The average Bonchev–Trinajstić information content (AvgIpc) is 2.86. The van der Waals surface area contributed by atoms with Crippen molar-refractivity contribution in [1.29, 1.82) is 0 Å². The van der Waals surface area contributed by atoms with E-state index < -0.39 is 41.0 Å². The zero-order valence-corrected chi connectivity index (χ0v) is 17.4. The monoisotopic (exact) mass is 401 g/mol. The fraction of sp³-hybridized carbons (Fsp3) is 0.667. The smallest absolute Gasteiger partial charge is 0.424 e. The number of carbonyl (C=O) groups excluding carboxylic acids is 3. The highest BCUT2D eigenvalue weighted by Crippen LogP contribution is 2.25. The number of esters is 1. The van der Waals surface area contributed by atoms with Crippen LogP contribution in [-0.4, -0.2) is 45.7 Å². The highest BCUT2D eigenvalue weighted by atomic mass is 19.1. The van der Waals surface area contributed by atoms with Gasteiger partial charge in [-0.15, -0.1) is 0 Å². The molecule has 158 valence electrons. The first-order valence-electron chi connectivity index (χ1n) is 8.88. The quantitative estimate of drug-likeness (QED) is 0.530. The van der Waals surface area contributed by atoms with E-state index in [-0.39, 0.29) is 13.2 Å². The molecule has 10 heteroatoms. The van der Waals surface area contributed by atoms with Gasteiger partial charge in [-0.25, -0.2) is 14.3 Å². The maximum absolute atomic E-state index is 14.8. The predicted octanol–water partition coefficient (Wildman–Crippen LogP) is 3.65. The number of amides is 2. The molecular formula is C18H28FN3O6. The molecule has 0 aliphatic heterocycles. The van der Waals surface area contributed by atoms with Gasteiger partial charge in [0.25, 0.3) is 0 Å². The molecule has 0 aliphatic rings. The van der Waals surface area contributed by atoms with Gasteiger partial charge in [0.2, 0.25) is 5.95 Å². The number of nitrogens with zero attached hydrogens (tertiary/aromatic N) is 3. The Kier molecular flexibility index (Phi) is 7.54. The maximum Gasteiger partial charge on any atom is 0.424 e. The van der Waals surface area contributed by atoms with Gasteiger partial charge in [0.05, 0.1) is 12.7 Å². The van der Waals surface area contributed by atoms with E-state index >= 15 is 0 Å². The first-order chi connectivity index (χ1) is 12.8. The van der Waals surface area contributed by atoms with Crippen LogP contribution in [0.1, 0.15) is 54.9 Å². The van der Waals surface area contributed by atoms with Crippen molar-refractivity contribution in [2.24, 2.45) is 0 Å². The number of anilines is 1. The first kappa shape index (κ1) is 23.4. The molecule has 0 fully saturated rings. The summed E-state index contributed by atoms with van der Waals surface area (Å²) in [5.41, 5.74) is -2.22. The first-order valence-corrected chi connectivity index (χ1v) is 8.88. The number of aromatic nitrogens is 2. The van der Waals surface area contributed by atoms with E-state index in [9.17, 15) is 18.8 Å². The molecule has 0 atom stereocenters. The van der Waals surface area contributed by atoms with Crippen molar-refractivity contribution in [3.63, 3.8) is 0 Å². The summed E-state index contributed by atoms with van der Waals surface area (Å²) >= 11 is 0. The van der Waals surface area contributed by atoms with Gasteiger partial charge in [-0.3, -0.25) is 4.79 Å². The van der Waals surface area contributed by atoms with E-state index in [1.54, 1.807) is 41.5 Å². The zero-order chi connectivity index (χ0) is 21.7. The van der Waals surface area contributed by atoms with E-state index in [1.807, 2.05) is 0 Å². The number of imide groups is 1. The summed E-state index contributed by atoms with van der Waals surface area (Å²) in [5, 5.41) is 3.80. The molecule has 0 radical (unpaired) electrons. The average molecular weight is 401 g/mol. The fourth-order valence-corrected chi connectivity index (χ4v) is 1.88. The Morgan fingerprint density at radius 3 is 2.21 bits per heavy atom. The summed E-state index contributed by atoms with van der Waals surface area (Å²) in [4.78, 5) is 36.5. The van der Waals surface area contributed by atoms with Crippen LogP contribution in [0.2, 0.25) is 0 Å². The van der Waals surface area contributed by atoms with Crippen molar-refractivity contribution in [3.05, 3.63) is 12.1 Å². The molecule has 1 aromatic heterocycles. The van der Waals surface area contributed by atoms with Crippen molar-refractivity contribution < 1.29 is 33.0 Å². The zero-order valence-electron chi connectivity index (χ0n) is 17.4. The Bertz CT molecular complexity index is 723. The van der Waals surface area contributed by atoms with Gasteiger partial charge in [-0.2, -0.15) is 14.4 Å². The normalized spacial score (nSPS) is 11.7. The van der Waals surface area contributed by atoms with Crippen molar-refractivity contribution in [3.8, 4) is 0 Å². The standard InChI is InChI=1S/C18H28FN3O6/c1-8-18(6,7)28-16(25)22(15(24)27-17(3,4)5)13-11-20-21(14(13)19)9-10-26-12(2)23/h11H,8-10H2,1-7H3. The summed E-state index contributed by atoms with van der Waals surface area (Å²) in [5.74, 6) is -1.49. The lowest BCUT2D eigenvalue weighted by Gasteiger charge is -2.29. The Morgan fingerprint density at radius 2 is 1.71 bits per heavy atom. The molecule has 0 unspecified atom stereocenters. The highest BCUT2D eigenvalue weighted by Gasteiger charge is 2.36. The molecular weight excluding hydrogens is 373 g/mol. The second-order valence-corrected chi connectivity index (χ2v) is 7.68. The van der Waals surface area contributed by atoms with Crippen LogP contribution in [0.5, 0.6) is 0 Å².